The Morgan fingerprint density at radius 3 is 2.45 bits per heavy atom. The maximum atomic E-state index is 12.1. The maximum Gasteiger partial charge on any atom is 0.411 e. The Kier molecular flexibility index (Phi) is 8.50. The molecule has 0 radical (unpaired) electrons. The third-order valence-corrected chi connectivity index (χ3v) is 3.92. The second kappa shape index (κ2) is 10.8. The first kappa shape index (κ1) is 22.7. The summed E-state index contributed by atoms with van der Waals surface area (Å²) >= 11 is 0. The number of ether oxygens (including phenoxy) is 1. The quantitative estimate of drug-likeness (QED) is 0.479. The van der Waals surface area contributed by atoms with Crippen LogP contribution in [0.15, 0.2) is 39.8 Å². The van der Waals surface area contributed by atoms with Crippen molar-refractivity contribution in [2.45, 2.75) is 52.6 Å². The van der Waals surface area contributed by atoms with E-state index in [9.17, 15) is 13.2 Å². The summed E-state index contributed by atoms with van der Waals surface area (Å²) in [7, 11) is 0. The van der Waals surface area contributed by atoms with Gasteiger partial charge in [0.2, 0.25) is 0 Å². The van der Waals surface area contributed by atoms with Crippen LogP contribution in [0.2, 0.25) is 0 Å². The fourth-order valence-electron chi connectivity index (χ4n) is 2.39. The predicted octanol–water partition coefficient (Wildman–Crippen LogP) is 4.13. The lowest BCUT2D eigenvalue weighted by Gasteiger charge is -2.10. The molecule has 0 bridgehead atoms. The summed E-state index contributed by atoms with van der Waals surface area (Å²) in [6.45, 7) is 6.33. The number of rotatable bonds is 9. The van der Waals surface area contributed by atoms with Crippen molar-refractivity contribution in [3.05, 3.63) is 52.9 Å². The minimum atomic E-state index is -4.31. The lowest BCUT2D eigenvalue weighted by molar-refractivity contribution is -0.176. The van der Waals surface area contributed by atoms with E-state index in [0.29, 0.717) is 37.1 Å². The predicted molar refractivity (Wildman–Crippen MR) is 104 cm³/mol. The van der Waals surface area contributed by atoms with E-state index >= 15 is 0 Å². The molecule has 0 spiro atoms. The molecule has 0 atom stereocenters. The van der Waals surface area contributed by atoms with Crippen LogP contribution >= 0.6 is 0 Å². The molecule has 1 heterocycles. The van der Waals surface area contributed by atoms with E-state index in [1.807, 2.05) is 39.0 Å². The Hall–Kier alpha value is -2.55. The third kappa shape index (κ3) is 8.55. The molecule has 2 rings (SSSR count). The molecule has 0 unspecified atom stereocenters. The summed E-state index contributed by atoms with van der Waals surface area (Å²) in [6, 6.07) is 9.04. The van der Waals surface area contributed by atoms with Crippen molar-refractivity contribution >= 4 is 5.96 Å². The Morgan fingerprint density at radius 1 is 1.17 bits per heavy atom. The summed E-state index contributed by atoms with van der Waals surface area (Å²) in [4.78, 5) is 4.52. The molecule has 0 aliphatic heterocycles. The van der Waals surface area contributed by atoms with Crippen LogP contribution in [0.4, 0.5) is 13.2 Å². The number of alkyl halides is 3. The number of nitrogens with zero attached hydrogens (tertiary/aromatic N) is 2. The molecular weight excluding hydrogens is 385 g/mol. The van der Waals surface area contributed by atoms with Crippen molar-refractivity contribution in [1.82, 2.24) is 15.8 Å². The molecule has 9 heteroatoms. The Bertz CT molecular complexity index is 771. The third-order valence-electron chi connectivity index (χ3n) is 3.92. The molecule has 0 saturated heterocycles. The molecule has 160 valence electrons. The summed E-state index contributed by atoms with van der Waals surface area (Å²) in [5.74, 6) is 1.66. The van der Waals surface area contributed by atoms with Gasteiger partial charge in [0, 0.05) is 12.6 Å². The number of aromatic nitrogens is 1. The molecular formula is C20H27F3N4O2. The molecule has 0 saturated carbocycles. The highest BCUT2D eigenvalue weighted by Crippen LogP contribution is 2.16. The van der Waals surface area contributed by atoms with Gasteiger partial charge in [-0.1, -0.05) is 43.3 Å². The van der Waals surface area contributed by atoms with E-state index in [2.05, 4.69) is 25.5 Å². The van der Waals surface area contributed by atoms with E-state index in [4.69, 9.17) is 4.52 Å². The van der Waals surface area contributed by atoms with Gasteiger partial charge in [-0.25, -0.2) is 4.99 Å². The minimum absolute atomic E-state index is 0.0806. The van der Waals surface area contributed by atoms with E-state index in [-0.39, 0.29) is 6.61 Å². The first-order valence-electron chi connectivity index (χ1n) is 9.46. The minimum Gasteiger partial charge on any atom is -0.367 e. The zero-order valence-electron chi connectivity index (χ0n) is 16.8. The van der Waals surface area contributed by atoms with Crippen molar-refractivity contribution in [1.29, 1.82) is 0 Å². The molecule has 0 amide bonds. The van der Waals surface area contributed by atoms with Crippen LogP contribution in [-0.2, 0) is 24.4 Å². The van der Waals surface area contributed by atoms with Crippen molar-refractivity contribution in [3.8, 4) is 0 Å². The fraction of sp³-hybridized carbons (Fsp3) is 0.500. The number of aliphatic imine (C=N–C) groups is 1. The van der Waals surface area contributed by atoms with Gasteiger partial charge in [0.05, 0.1) is 25.4 Å². The van der Waals surface area contributed by atoms with Crippen LogP contribution in [0.25, 0.3) is 0 Å². The molecule has 2 aromatic rings. The van der Waals surface area contributed by atoms with Gasteiger partial charge < -0.3 is 19.9 Å². The van der Waals surface area contributed by atoms with Crippen LogP contribution in [-0.4, -0.2) is 30.4 Å². The van der Waals surface area contributed by atoms with Crippen LogP contribution in [0.1, 0.15) is 49.3 Å². The Balaban J connectivity index is 1.86. The number of nitrogens with one attached hydrogen (secondary N) is 2. The second-order valence-electron chi connectivity index (χ2n) is 6.85. The van der Waals surface area contributed by atoms with Crippen LogP contribution in [0.3, 0.4) is 0 Å². The van der Waals surface area contributed by atoms with Gasteiger partial charge in [0.1, 0.15) is 6.61 Å². The molecule has 1 aromatic heterocycles. The van der Waals surface area contributed by atoms with Gasteiger partial charge in [-0.15, -0.1) is 0 Å². The molecule has 0 fully saturated rings. The SMILES string of the molecule is CCNC(=NCc1ccc(COCC(F)(F)F)cc1)NCc1cc(C(C)C)no1. The number of benzene rings is 1. The fourth-order valence-corrected chi connectivity index (χ4v) is 2.39. The summed E-state index contributed by atoms with van der Waals surface area (Å²) in [6.07, 6.45) is -4.31. The number of hydrogen-bond acceptors (Lipinski definition) is 4. The molecule has 1 aromatic carbocycles. The average Bonchev–Trinajstić information content (AvgIpc) is 3.13. The van der Waals surface area contributed by atoms with E-state index in [1.54, 1.807) is 12.1 Å². The van der Waals surface area contributed by atoms with Crippen LogP contribution in [0, 0.1) is 0 Å². The zero-order chi connectivity index (χ0) is 21.3. The topological polar surface area (TPSA) is 71.7 Å². The van der Waals surface area contributed by atoms with E-state index < -0.39 is 12.8 Å². The van der Waals surface area contributed by atoms with Gasteiger partial charge in [-0.05, 0) is 24.0 Å². The van der Waals surface area contributed by atoms with Gasteiger partial charge >= 0.3 is 6.18 Å². The van der Waals surface area contributed by atoms with E-state index in [0.717, 1.165) is 17.0 Å². The monoisotopic (exact) mass is 412 g/mol. The molecule has 0 aliphatic carbocycles. The van der Waals surface area contributed by atoms with Gasteiger partial charge in [0.15, 0.2) is 11.7 Å². The molecule has 2 N–H and O–H groups in total. The molecule has 6 nitrogen and oxygen atoms in total. The second-order valence-corrected chi connectivity index (χ2v) is 6.85. The van der Waals surface area contributed by atoms with Crippen LogP contribution in [0.5, 0.6) is 0 Å². The van der Waals surface area contributed by atoms with Gasteiger partial charge in [0.25, 0.3) is 0 Å². The first-order valence-corrected chi connectivity index (χ1v) is 9.46. The highest BCUT2D eigenvalue weighted by atomic mass is 19.4. The van der Waals surface area contributed by atoms with Crippen molar-refractivity contribution in [2.75, 3.05) is 13.2 Å². The number of halogens is 3. The lowest BCUT2D eigenvalue weighted by atomic mass is 10.1. The maximum absolute atomic E-state index is 12.1. The summed E-state index contributed by atoms with van der Waals surface area (Å²) < 4.78 is 46.3. The lowest BCUT2D eigenvalue weighted by Crippen LogP contribution is -2.36. The van der Waals surface area contributed by atoms with E-state index in [1.165, 1.54) is 0 Å². The van der Waals surface area contributed by atoms with Gasteiger partial charge in [-0.2, -0.15) is 13.2 Å². The number of hydrogen-bond donors (Lipinski definition) is 2. The highest BCUT2D eigenvalue weighted by molar-refractivity contribution is 5.79. The molecule has 0 aliphatic rings. The Morgan fingerprint density at radius 2 is 1.86 bits per heavy atom. The van der Waals surface area contributed by atoms with Gasteiger partial charge in [-0.3, -0.25) is 0 Å². The van der Waals surface area contributed by atoms with Crippen molar-refractivity contribution in [3.63, 3.8) is 0 Å². The Labute approximate surface area is 168 Å². The normalized spacial score (nSPS) is 12.4. The standard InChI is InChI=1S/C20H27F3N4O2/c1-4-24-19(26-11-17-9-18(14(2)3)27-29-17)25-10-15-5-7-16(8-6-15)12-28-13-20(21,22)23/h5-9,14H,4,10-13H2,1-3H3,(H2,24,25,26). The smallest absolute Gasteiger partial charge is 0.367 e. The average molecular weight is 412 g/mol. The summed E-state index contributed by atoms with van der Waals surface area (Å²) in [5.41, 5.74) is 2.52. The highest BCUT2D eigenvalue weighted by Gasteiger charge is 2.27. The van der Waals surface area contributed by atoms with Crippen molar-refractivity contribution in [2.24, 2.45) is 4.99 Å². The first-order chi connectivity index (χ1) is 13.8. The summed E-state index contributed by atoms with van der Waals surface area (Å²) in [5, 5.41) is 10.4. The number of guanidine groups is 1. The van der Waals surface area contributed by atoms with Crippen molar-refractivity contribution < 1.29 is 22.4 Å². The molecule has 29 heavy (non-hydrogen) atoms. The van der Waals surface area contributed by atoms with Crippen LogP contribution < -0.4 is 10.6 Å². The zero-order valence-corrected chi connectivity index (χ0v) is 16.8. The largest absolute Gasteiger partial charge is 0.411 e.